The van der Waals surface area contributed by atoms with Gasteiger partial charge in [-0.1, -0.05) is 97.1 Å². The van der Waals surface area contributed by atoms with Gasteiger partial charge in [0.25, 0.3) is 0 Å². The van der Waals surface area contributed by atoms with E-state index in [4.69, 9.17) is 0 Å². The van der Waals surface area contributed by atoms with E-state index in [1.807, 2.05) is 77.4 Å². The van der Waals surface area contributed by atoms with Crippen LogP contribution in [0.15, 0.2) is 170 Å². The number of rotatable bonds is 6. The highest BCUT2D eigenvalue weighted by Gasteiger charge is 2.34. The van der Waals surface area contributed by atoms with Crippen molar-refractivity contribution in [2.24, 2.45) is 0 Å². The van der Waals surface area contributed by atoms with Crippen LogP contribution in [-0.2, 0) is 31.6 Å². The molecule has 0 spiro atoms. The van der Waals surface area contributed by atoms with Crippen LogP contribution in [0.5, 0.6) is 0 Å². The zero-order valence-corrected chi connectivity index (χ0v) is 34.8. The number of benzene rings is 9. The van der Waals surface area contributed by atoms with Crippen LogP contribution in [-0.4, -0.2) is 9.13 Å². The normalized spacial score (nSPS) is 12.7. The summed E-state index contributed by atoms with van der Waals surface area (Å²) in [6, 6.07) is 45.9. The molecule has 0 unspecified atom stereocenters. The lowest BCUT2D eigenvalue weighted by molar-refractivity contribution is -0.138. The predicted octanol–water partition coefficient (Wildman–Crippen LogP) is 16.8. The lowest BCUT2D eigenvalue weighted by Gasteiger charge is -2.18. The maximum atomic E-state index is 14.4. The zero-order valence-electron chi connectivity index (χ0n) is 34.8. The van der Waals surface area contributed by atoms with Crippen LogP contribution < -0.4 is 0 Å². The van der Waals surface area contributed by atoms with E-state index in [0.29, 0.717) is 39.4 Å². The van der Waals surface area contributed by atoms with Gasteiger partial charge in [-0.05, 0) is 128 Å². The van der Waals surface area contributed by atoms with Crippen molar-refractivity contribution in [1.82, 2.24) is 9.13 Å². The molecule has 0 amide bonds. The number of alkyl halides is 9. The van der Waals surface area contributed by atoms with E-state index >= 15 is 0 Å². The van der Waals surface area contributed by atoms with E-state index in [0.717, 1.165) is 91.3 Å². The molecule has 0 saturated carbocycles. The molecule has 0 saturated heterocycles. The van der Waals surface area contributed by atoms with Crippen molar-refractivity contribution < 1.29 is 43.9 Å². The molecule has 332 valence electrons. The topological polar surface area (TPSA) is 9.86 Å². The van der Waals surface area contributed by atoms with Gasteiger partial charge >= 0.3 is 18.5 Å². The highest BCUT2D eigenvalue weighted by Crippen LogP contribution is 2.45. The molecule has 0 radical (unpaired) electrons. The van der Waals surface area contributed by atoms with Crippen molar-refractivity contribution in [1.29, 1.82) is 0 Å². The van der Waals surface area contributed by atoms with Crippen molar-refractivity contribution in [2.75, 3.05) is 0 Å². The summed E-state index contributed by atoms with van der Waals surface area (Å²) in [6.07, 6.45) is -13.9. The fraction of sp³-hybridized carbons (Fsp3) is 0.0909. The fourth-order valence-corrected chi connectivity index (χ4v) is 9.72. The van der Waals surface area contributed by atoms with E-state index in [1.165, 1.54) is 30.3 Å². The quantitative estimate of drug-likeness (QED) is 0.116. The van der Waals surface area contributed by atoms with Gasteiger partial charge < -0.3 is 9.13 Å². The second-order valence-corrected chi connectivity index (χ2v) is 16.8. The smallest absolute Gasteiger partial charge is 0.336 e. The van der Waals surface area contributed by atoms with Crippen molar-refractivity contribution >= 4 is 65.2 Å². The highest BCUT2D eigenvalue weighted by atomic mass is 19.4. The van der Waals surface area contributed by atoms with Crippen LogP contribution in [0.1, 0.15) is 27.8 Å². The highest BCUT2D eigenvalue weighted by molar-refractivity contribution is 6.21. The lowest BCUT2D eigenvalue weighted by Crippen LogP contribution is -2.05. The Morgan fingerprint density at radius 2 is 0.612 bits per heavy atom. The molecule has 0 aliphatic carbocycles. The van der Waals surface area contributed by atoms with Crippen molar-refractivity contribution in [3.8, 4) is 22.3 Å². The van der Waals surface area contributed by atoms with Gasteiger partial charge in [-0.3, -0.25) is 0 Å². The van der Waals surface area contributed by atoms with Crippen LogP contribution in [0.2, 0.25) is 0 Å². The first-order chi connectivity index (χ1) is 32.0. The molecular formula is C55H32F10N2. The molecule has 2 aromatic heterocycles. The van der Waals surface area contributed by atoms with E-state index in [1.54, 1.807) is 10.6 Å². The Balaban J connectivity index is 0.961. The molecule has 67 heavy (non-hydrogen) atoms. The first kappa shape index (κ1) is 42.1. The van der Waals surface area contributed by atoms with Crippen LogP contribution in [0.4, 0.5) is 43.9 Å². The standard InChI is InChI=1S/C55H32F10N2/c56-38-20-24-50-46(28-38)45-27-37(55(63,64)65)19-23-49(45)67(50)30-32-11-15-34(16-12-32)52-41-7-3-1-5-39(41)51(40-6-2-4-8-42(40)52)33-13-9-31(10-14-33)29-66-47-21-17-35(53(57,58)59)25-43(47)44-26-36(54(60,61)62)18-22-48(44)66/h1-28H,29-30H2. The van der Waals surface area contributed by atoms with Crippen LogP contribution in [0.3, 0.4) is 0 Å². The summed E-state index contributed by atoms with van der Waals surface area (Å²) in [5.41, 5.74) is 4.69. The van der Waals surface area contributed by atoms with Crippen LogP contribution in [0.25, 0.3) is 87.4 Å². The van der Waals surface area contributed by atoms with Gasteiger partial charge in [-0.15, -0.1) is 0 Å². The Hall–Kier alpha value is -7.60. The molecule has 0 aliphatic heterocycles. The monoisotopic (exact) mass is 910 g/mol. The number of halogens is 10. The molecule has 2 heterocycles. The zero-order chi connectivity index (χ0) is 46.6. The molecule has 11 rings (SSSR count). The number of fused-ring (bicyclic) bond motifs is 8. The van der Waals surface area contributed by atoms with Gasteiger partial charge in [0.15, 0.2) is 0 Å². The Morgan fingerprint density at radius 1 is 0.313 bits per heavy atom. The first-order valence-corrected chi connectivity index (χ1v) is 21.1. The predicted molar refractivity (Wildman–Crippen MR) is 244 cm³/mol. The molecule has 0 atom stereocenters. The Morgan fingerprint density at radius 3 is 0.925 bits per heavy atom. The van der Waals surface area contributed by atoms with Gasteiger partial charge in [0.05, 0.1) is 16.7 Å². The number of hydrogen-bond donors (Lipinski definition) is 0. The second kappa shape index (κ2) is 15.2. The summed E-state index contributed by atoms with van der Waals surface area (Å²) in [4.78, 5) is 0. The number of hydrogen-bond acceptors (Lipinski definition) is 0. The third-order valence-corrected chi connectivity index (χ3v) is 12.8. The molecule has 0 N–H and O–H groups in total. The third-order valence-electron chi connectivity index (χ3n) is 12.8. The Bertz CT molecular complexity index is 3630. The van der Waals surface area contributed by atoms with Crippen molar-refractivity contribution in [2.45, 2.75) is 31.6 Å². The summed E-state index contributed by atoms with van der Waals surface area (Å²) < 4.78 is 142. The summed E-state index contributed by atoms with van der Waals surface area (Å²) in [5, 5.41) is 4.79. The van der Waals surface area contributed by atoms with Gasteiger partial charge in [-0.25, -0.2) is 4.39 Å². The Kier molecular flexibility index (Phi) is 9.56. The maximum Gasteiger partial charge on any atom is 0.416 e. The minimum Gasteiger partial charge on any atom is -0.336 e. The van der Waals surface area contributed by atoms with E-state index in [-0.39, 0.29) is 17.3 Å². The minimum absolute atomic E-state index is 0.0761. The summed E-state index contributed by atoms with van der Waals surface area (Å²) >= 11 is 0. The Labute approximate surface area is 374 Å². The average molecular weight is 911 g/mol. The third kappa shape index (κ3) is 7.22. The molecule has 0 bridgehead atoms. The summed E-state index contributed by atoms with van der Waals surface area (Å²) in [6.45, 7) is 0.504. The lowest BCUT2D eigenvalue weighted by atomic mass is 9.85. The summed E-state index contributed by atoms with van der Waals surface area (Å²) in [7, 11) is 0. The van der Waals surface area contributed by atoms with Gasteiger partial charge in [0.1, 0.15) is 5.82 Å². The SMILES string of the molecule is Fc1ccc2c(c1)c1cc(C(F)(F)F)ccc1n2Cc1ccc(-c2c3ccccc3c(-c3ccc(Cn4c5ccc(C(F)(F)F)cc5c5cc(C(F)(F)F)ccc54)cc3)c3ccccc23)cc1. The molecule has 12 heteroatoms. The number of aromatic nitrogens is 2. The van der Waals surface area contributed by atoms with E-state index in [2.05, 4.69) is 24.3 Å². The second-order valence-electron chi connectivity index (χ2n) is 16.8. The first-order valence-electron chi connectivity index (χ1n) is 21.1. The van der Waals surface area contributed by atoms with E-state index < -0.39 is 41.0 Å². The van der Waals surface area contributed by atoms with Crippen molar-refractivity contribution in [3.63, 3.8) is 0 Å². The van der Waals surface area contributed by atoms with Gasteiger partial charge in [-0.2, -0.15) is 39.5 Å². The molecule has 0 aliphatic rings. The average Bonchev–Trinajstić information content (AvgIpc) is 3.78. The van der Waals surface area contributed by atoms with Crippen molar-refractivity contribution in [3.05, 3.63) is 203 Å². The van der Waals surface area contributed by atoms with Gasteiger partial charge in [0.2, 0.25) is 0 Å². The van der Waals surface area contributed by atoms with Crippen LogP contribution >= 0.6 is 0 Å². The van der Waals surface area contributed by atoms with Gasteiger partial charge in [0, 0.05) is 56.7 Å². The molecule has 9 aromatic carbocycles. The minimum atomic E-state index is -4.68. The largest absolute Gasteiger partial charge is 0.416 e. The maximum absolute atomic E-state index is 14.4. The molecule has 0 fully saturated rings. The molecule has 11 aromatic rings. The van der Waals surface area contributed by atoms with Crippen LogP contribution in [0, 0.1) is 5.82 Å². The molecule has 2 nitrogen and oxygen atoms in total. The van der Waals surface area contributed by atoms with E-state index in [9.17, 15) is 43.9 Å². The molecular weight excluding hydrogens is 879 g/mol. The fourth-order valence-electron chi connectivity index (χ4n) is 9.72. The summed E-state index contributed by atoms with van der Waals surface area (Å²) in [5.74, 6) is -0.543. The number of nitrogens with zero attached hydrogens (tertiary/aromatic N) is 2.